The molecule has 6 nitrogen and oxygen atoms in total. The fraction of sp³-hybridized carbons (Fsp3) is 0.438. The van der Waals surface area contributed by atoms with E-state index < -0.39 is 0 Å². The lowest BCUT2D eigenvalue weighted by Gasteiger charge is -2.18. The topological polar surface area (TPSA) is 77.0 Å². The van der Waals surface area contributed by atoms with Gasteiger partial charge in [0.25, 0.3) is 5.91 Å². The van der Waals surface area contributed by atoms with E-state index in [-0.39, 0.29) is 24.4 Å². The minimum Gasteiger partial charge on any atom is -0.338 e. The number of pyridine rings is 1. The Morgan fingerprint density at radius 1 is 1.26 bits per heavy atom. The van der Waals surface area contributed by atoms with Gasteiger partial charge >= 0.3 is 0 Å². The number of fused-ring (bicyclic) bond motifs is 1. The second-order valence-corrected chi connectivity index (χ2v) is 6.25. The van der Waals surface area contributed by atoms with Crippen LogP contribution in [0, 0.1) is 11.8 Å². The van der Waals surface area contributed by atoms with Crippen LogP contribution in [-0.2, 0) is 0 Å². The molecule has 2 aliphatic rings. The molecule has 122 valence electrons. The highest BCUT2D eigenvalue weighted by Gasteiger charge is 2.42. The molecule has 1 saturated carbocycles. The number of nitrogens with two attached hydrogens (primary N) is 1. The molecule has 1 aliphatic heterocycles. The number of nitrogens with zero attached hydrogens (tertiary/aromatic N) is 4. The van der Waals surface area contributed by atoms with Gasteiger partial charge in [-0.25, -0.2) is 9.97 Å². The van der Waals surface area contributed by atoms with Crippen LogP contribution in [0.25, 0.3) is 5.82 Å². The molecule has 1 saturated heterocycles. The summed E-state index contributed by atoms with van der Waals surface area (Å²) in [5, 5.41) is 0. The van der Waals surface area contributed by atoms with Crippen LogP contribution in [0.5, 0.6) is 0 Å². The molecule has 3 atom stereocenters. The molecular formula is C16H20ClN5O. The van der Waals surface area contributed by atoms with Crippen molar-refractivity contribution < 1.29 is 4.79 Å². The summed E-state index contributed by atoms with van der Waals surface area (Å²) in [6.45, 7) is 1.62. The summed E-state index contributed by atoms with van der Waals surface area (Å²) in [7, 11) is 0. The lowest BCUT2D eigenvalue weighted by Crippen LogP contribution is -2.33. The van der Waals surface area contributed by atoms with Crippen molar-refractivity contribution >= 4 is 18.3 Å². The SMILES string of the molecule is Cl.NC1CCC2CN(C(=O)c3ccc(-n4ccnc4)nc3)CC12. The van der Waals surface area contributed by atoms with E-state index in [9.17, 15) is 4.79 Å². The fourth-order valence-corrected chi connectivity index (χ4v) is 3.72. The van der Waals surface area contributed by atoms with Gasteiger partial charge in [0.2, 0.25) is 0 Å². The first kappa shape index (κ1) is 16.0. The van der Waals surface area contributed by atoms with Gasteiger partial charge in [-0.3, -0.25) is 9.36 Å². The third kappa shape index (κ3) is 2.84. The number of hydrogen-bond acceptors (Lipinski definition) is 4. The predicted molar refractivity (Wildman–Crippen MR) is 88.7 cm³/mol. The number of carbonyl (C=O) groups excluding carboxylic acids is 1. The average Bonchev–Trinajstić information content (AvgIpc) is 3.26. The van der Waals surface area contributed by atoms with Crippen molar-refractivity contribution in [2.24, 2.45) is 17.6 Å². The van der Waals surface area contributed by atoms with Crippen LogP contribution in [0.1, 0.15) is 23.2 Å². The summed E-state index contributed by atoms with van der Waals surface area (Å²) in [6, 6.07) is 3.93. The Morgan fingerprint density at radius 3 is 2.78 bits per heavy atom. The molecule has 0 radical (unpaired) electrons. The first-order chi connectivity index (χ1) is 10.7. The summed E-state index contributed by atoms with van der Waals surface area (Å²) < 4.78 is 1.81. The third-order valence-corrected chi connectivity index (χ3v) is 4.96. The molecule has 2 N–H and O–H groups in total. The van der Waals surface area contributed by atoms with E-state index in [0.29, 0.717) is 17.4 Å². The predicted octanol–water partition coefficient (Wildman–Crippen LogP) is 1.50. The highest BCUT2D eigenvalue weighted by molar-refractivity contribution is 5.94. The number of aromatic nitrogens is 3. The van der Waals surface area contributed by atoms with Crippen molar-refractivity contribution in [1.29, 1.82) is 0 Å². The number of amides is 1. The number of carbonyl (C=O) groups is 1. The number of halogens is 1. The van der Waals surface area contributed by atoms with Gasteiger partial charge < -0.3 is 10.6 Å². The quantitative estimate of drug-likeness (QED) is 0.903. The zero-order valence-electron chi connectivity index (χ0n) is 12.7. The van der Waals surface area contributed by atoms with Crippen LogP contribution in [-0.4, -0.2) is 44.5 Å². The van der Waals surface area contributed by atoms with Crippen molar-refractivity contribution in [3.05, 3.63) is 42.6 Å². The zero-order chi connectivity index (χ0) is 15.1. The van der Waals surface area contributed by atoms with E-state index in [0.717, 1.165) is 31.7 Å². The number of rotatable bonds is 2. The van der Waals surface area contributed by atoms with Crippen molar-refractivity contribution in [3.63, 3.8) is 0 Å². The Hall–Kier alpha value is -1.92. The summed E-state index contributed by atoms with van der Waals surface area (Å²) >= 11 is 0. The molecule has 0 spiro atoms. The maximum absolute atomic E-state index is 12.6. The zero-order valence-corrected chi connectivity index (χ0v) is 13.5. The summed E-state index contributed by atoms with van der Waals surface area (Å²) in [6.07, 6.45) is 9.10. The molecule has 2 fully saturated rings. The van der Waals surface area contributed by atoms with Crippen LogP contribution >= 0.6 is 12.4 Å². The van der Waals surface area contributed by atoms with E-state index in [4.69, 9.17) is 5.73 Å². The molecule has 0 aromatic carbocycles. The molecule has 23 heavy (non-hydrogen) atoms. The Labute approximate surface area is 141 Å². The Balaban J connectivity index is 0.00000156. The van der Waals surface area contributed by atoms with Gasteiger partial charge in [0.05, 0.1) is 5.56 Å². The standard InChI is InChI=1S/C16H19N5O.ClH/c17-14-3-1-12-8-21(9-13(12)14)16(22)11-2-4-15(19-7-11)20-6-5-18-10-20;/h2,4-7,10,12-14H,1,3,8-9,17H2;1H. The highest BCUT2D eigenvalue weighted by Crippen LogP contribution is 2.37. The fourth-order valence-electron chi connectivity index (χ4n) is 3.72. The maximum Gasteiger partial charge on any atom is 0.255 e. The lowest BCUT2D eigenvalue weighted by molar-refractivity contribution is 0.0779. The second-order valence-electron chi connectivity index (χ2n) is 6.25. The van der Waals surface area contributed by atoms with Crippen molar-refractivity contribution in [1.82, 2.24) is 19.4 Å². The van der Waals surface area contributed by atoms with Gasteiger partial charge in [-0.15, -0.1) is 12.4 Å². The minimum absolute atomic E-state index is 0. The molecule has 7 heteroatoms. The molecule has 2 aromatic heterocycles. The molecule has 1 aliphatic carbocycles. The Morgan fingerprint density at radius 2 is 2.13 bits per heavy atom. The number of likely N-dealkylation sites (tertiary alicyclic amines) is 1. The summed E-state index contributed by atoms with van der Waals surface area (Å²) in [5.41, 5.74) is 6.77. The second kappa shape index (κ2) is 6.29. The summed E-state index contributed by atoms with van der Waals surface area (Å²) in [4.78, 5) is 22.9. The molecule has 1 amide bonds. The van der Waals surface area contributed by atoms with Gasteiger partial charge in [-0.2, -0.15) is 0 Å². The van der Waals surface area contributed by atoms with Gasteiger partial charge in [0.1, 0.15) is 12.1 Å². The number of imidazole rings is 1. The van der Waals surface area contributed by atoms with E-state index >= 15 is 0 Å². The van der Waals surface area contributed by atoms with E-state index in [1.165, 1.54) is 0 Å². The minimum atomic E-state index is 0. The Bertz CT molecular complexity index is 672. The van der Waals surface area contributed by atoms with Crippen LogP contribution < -0.4 is 5.73 Å². The van der Waals surface area contributed by atoms with E-state index in [1.54, 1.807) is 18.7 Å². The first-order valence-corrected chi connectivity index (χ1v) is 7.71. The first-order valence-electron chi connectivity index (χ1n) is 7.71. The van der Waals surface area contributed by atoms with Crippen molar-refractivity contribution in [2.45, 2.75) is 18.9 Å². The maximum atomic E-state index is 12.6. The highest BCUT2D eigenvalue weighted by atomic mass is 35.5. The van der Waals surface area contributed by atoms with Crippen LogP contribution in [0.15, 0.2) is 37.1 Å². The lowest BCUT2D eigenvalue weighted by atomic mass is 9.98. The van der Waals surface area contributed by atoms with Crippen LogP contribution in [0.4, 0.5) is 0 Å². The van der Waals surface area contributed by atoms with Gasteiger partial charge in [0.15, 0.2) is 0 Å². The van der Waals surface area contributed by atoms with Gasteiger partial charge in [0, 0.05) is 37.7 Å². The Kier molecular flexibility index (Phi) is 4.37. The van der Waals surface area contributed by atoms with Crippen LogP contribution in [0.2, 0.25) is 0 Å². The average molecular weight is 334 g/mol. The number of hydrogen-bond donors (Lipinski definition) is 1. The molecule has 4 rings (SSSR count). The third-order valence-electron chi connectivity index (χ3n) is 4.96. The van der Waals surface area contributed by atoms with E-state index in [1.807, 2.05) is 27.8 Å². The normalized spacial score (nSPS) is 26.0. The molecule has 2 aromatic rings. The van der Waals surface area contributed by atoms with Gasteiger partial charge in [-0.1, -0.05) is 0 Å². The molecule has 3 heterocycles. The summed E-state index contributed by atoms with van der Waals surface area (Å²) in [5.74, 6) is 1.87. The molecule has 3 unspecified atom stereocenters. The van der Waals surface area contributed by atoms with Crippen LogP contribution in [0.3, 0.4) is 0 Å². The smallest absolute Gasteiger partial charge is 0.255 e. The molecular weight excluding hydrogens is 314 g/mol. The van der Waals surface area contributed by atoms with Crippen molar-refractivity contribution in [3.8, 4) is 5.82 Å². The largest absolute Gasteiger partial charge is 0.338 e. The van der Waals surface area contributed by atoms with Crippen molar-refractivity contribution in [2.75, 3.05) is 13.1 Å². The molecule has 0 bridgehead atoms. The van der Waals surface area contributed by atoms with E-state index in [2.05, 4.69) is 9.97 Å². The monoisotopic (exact) mass is 333 g/mol. The van der Waals surface area contributed by atoms with Gasteiger partial charge in [-0.05, 0) is 36.8 Å².